The number of rotatable bonds is 5. The van der Waals surface area contributed by atoms with Crippen molar-refractivity contribution in [3.05, 3.63) is 49.9 Å². The Morgan fingerprint density at radius 1 is 1.36 bits per heavy atom. The zero-order chi connectivity index (χ0) is 16.1. The first-order chi connectivity index (χ1) is 10.5. The summed E-state index contributed by atoms with van der Waals surface area (Å²) in [4.78, 5) is 18.2. The van der Waals surface area contributed by atoms with Gasteiger partial charge in [0, 0.05) is 11.8 Å². The third-order valence-electron chi connectivity index (χ3n) is 2.77. The van der Waals surface area contributed by atoms with Crippen LogP contribution in [0.1, 0.15) is 18.2 Å². The molecule has 0 atom stereocenters. The van der Waals surface area contributed by atoms with Crippen molar-refractivity contribution < 1.29 is 4.74 Å². The Kier molecular flexibility index (Phi) is 5.41. The van der Waals surface area contributed by atoms with Crippen molar-refractivity contribution in [2.45, 2.75) is 13.3 Å². The van der Waals surface area contributed by atoms with Crippen molar-refractivity contribution in [1.82, 2.24) is 9.97 Å². The molecule has 0 aliphatic rings. The Balaban J connectivity index is 2.16. The molecule has 0 saturated carbocycles. The lowest BCUT2D eigenvalue weighted by atomic mass is 10.2. The lowest BCUT2D eigenvalue weighted by molar-refractivity contribution is 0.415. The standard InChI is InChI=1S/C14H14Cl2N4O2/c1-3-9-6-12(21)19-14(18-9)20-17-7-8-4-10(15)13(22-2)11(16)5-8/h4-7H,3H2,1-2H3,(H2,18,19,20,21)/b17-7-. The van der Waals surface area contributed by atoms with Gasteiger partial charge in [-0.3, -0.25) is 9.78 Å². The normalized spacial score (nSPS) is 10.9. The zero-order valence-electron chi connectivity index (χ0n) is 12.0. The van der Waals surface area contributed by atoms with E-state index in [0.29, 0.717) is 33.5 Å². The monoisotopic (exact) mass is 340 g/mol. The number of benzene rings is 1. The number of anilines is 1. The molecule has 0 radical (unpaired) electrons. The molecule has 0 unspecified atom stereocenters. The zero-order valence-corrected chi connectivity index (χ0v) is 13.5. The van der Waals surface area contributed by atoms with Crippen LogP contribution in [0.3, 0.4) is 0 Å². The van der Waals surface area contributed by atoms with Crippen LogP contribution in [0.5, 0.6) is 5.75 Å². The van der Waals surface area contributed by atoms with Gasteiger partial charge in [-0.15, -0.1) is 0 Å². The first-order valence-corrected chi connectivity index (χ1v) is 7.21. The third-order valence-corrected chi connectivity index (χ3v) is 3.33. The van der Waals surface area contributed by atoms with Gasteiger partial charge < -0.3 is 4.74 Å². The van der Waals surface area contributed by atoms with Crippen LogP contribution in [-0.4, -0.2) is 23.3 Å². The summed E-state index contributed by atoms with van der Waals surface area (Å²) < 4.78 is 5.07. The topological polar surface area (TPSA) is 79.4 Å². The quantitative estimate of drug-likeness (QED) is 0.647. The molecular weight excluding hydrogens is 327 g/mol. The van der Waals surface area contributed by atoms with Crippen molar-refractivity contribution in [3.63, 3.8) is 0 Å². The highest BCUT2D eigenvalue weighted by Gasteiger charge is 2.07. The minimum absolute atomic E-state index is 0.236. The van der Waals surface area contributed by atoms with E-state index >= 15 is 0 Å². The molecule has 1 heterocycles. The first-order valence-electron chi connectivity index (χ1n) is 6.45. The summed E-state index contributed by atoms with van der Waals surface area (Å²) in [6.07, 6.45) is 2.17. The molecule has 1 aromatic heterocycles. The number of nitrogens with one attached hydrogen (secondary N) is 2. The number of nitrogens with zero attached hydrogens (tertiary/aromatic N) is 2. The Morgan fingerprint density at radius 3 is 2.64 bits per heavy atom. The van der Waals surface area contributed by atoms with Gasteiger partial charge in [-0.25, -0.2) is 10.4 Å². The second-order valence-corrected chi connectivity index (χ2v) is 5.14. The number of hydrogen-bond donors (Lipinski definition) is 2. The number of hydrogen-bond acceptors (Lipinski definition) is 5. The van der Waals surface area contributed by atoms with E-state index < -0.39 is 0 Å². The minimum Gasteiger partial charge on any atom is -0.494 e. The predicted molar refractivity (Wildman–Crippen MR) is 88.5 cm³/mol. The Bertz CT molecular complexity index is 736. The maximum Gasteiger partial charge on any atom is 0.252 e. The Hall–Kier alpha value is -2.05. The molecule has 2 aromatic rings. The Labute approximate surface area is 137 Å². The number of methoxy groups -OCH3 is 1. The van der Waals surface area contributed by atoms with Crippen LogP contribution < -0.4 is 15.7 Å². The lowest BCUT2D eigenvalue weighted by Gasteiger charge is -2.06. The maximum atomic E-state index is 11.4. The minimum atomic E-state index is -0.236. The van der Waals surface area contributed by atoms with Gasteiger partial charge in [-0.2, -0.15) is 5.10 Å². The molecule has 1 aromatic carbocycles. The van der Waals surface area contributed by atoms with Crippen LogP contribution >= 0.6 is 23.2 Å². The summed E-state index contributed by atoms with van der Waals surface area (Å²) in [6.45, 7) is 1.91. The van der Waals surface area contributed by atoms with E-state index in [4.69, 9.17) is 27.9 Å². The highest BCUT2D eigenvalue weighted by atomic mass is 35.5. The number of H-pyrrole nitrogens is 1. The fourth-order valence-electron chi connectivity index (χ4n) is 1.76. The van der Waals surface area contributed by atoms with Crippen LogP contribution in [0, 0.1) is 0 Å². The van der Waals surface area contributed by atoms with E-state index in [9.17, 15) is 4.79 Å². The van der Waals surface area contributed by atoms with Gasteiger partial charge >= 0.3 is 0 Å². The summed E-state index contributed by atoms with van der Waals surface area (Å²) in [7, 11) is 1.49. The Morgan fingerprint density at radius 2 is 2.05 bits per heavy atom. The average Bonchev–Trinajstić information content (AvgIpc) is 2.46. The summed E-state index contributed by atoms with van der Waals surface area (Å²) in [5, 5.41) is 4.77. The molecule has 2 N–H and O–H groups in total. The van der Waals surface area contributed by atoms with Crippen LogP contribution in [0.4, 0.5) is 5.95 Å². The molecular formula is C14H14Cl2N4O2. The molecule has 0 saturated heterocycles. The third kappa shape index (κ3) is 3.99. The van der Waals surface area contributed by atoms with E-state index in [0.717, 1.165) is 0 Å². The summed E-state index contributed by atoms with van der Waals surface area (Å²) >= 11 is 12.1. The van der Waals surface area contributed by atoms with E-state index in [1.165, 1.54) is 19.4 Å². The highest BCUT2D eigenvalue weighted by molar-refractivity contribution is 6.37. The van der Waals surface area contributed by atoms with Crippen LogP contribution in [0.15, 0.2) is 28.1 Å². The molecule has 0 aliphatic heterocycles. The molecule has 8 heteroatoms. The van der Waals surface area contributed by atoms with Crippen LogP contribution in [-0.2, 0) is 6.42 Å². The van der Waals surface area contributed by atoms with E-state index in [1.807, 2.05) is 6.92 Å². The lowest BCUT2D eigenvalue weighted by Crippen LogP contribution is -2.11. The molecule has 0 spiro atoms. The molecule has 0 fully saturated rings. The van der Waals surface area contributed by atoms with Crippen molar-refractivity contribution in [2.75, 3.05) is 12.5 Å². The fraction of sp³-hybridized carbons (Fsp3) is 0.214. The number of ether oxygens (including phenoxy) is 1. The number of aryl methyl sites for hydroxylation is 1. The van der Waals surface area contributed by atoms with Gasteiger partial charge in [0.05, 0.1) is 23.4 Å². The number of aromatic amines is 1. The summed E-state index contributed by atoms with van der Waals surface area (Å²) in [6, 6.07) is 4.77. The van der Waals surface area contributed by atoms with Crippen molar-refractivity contribution >= 4 is 35.4 Å². The SMILES string of the molecule is CCc1cc(=O)[nH]c(N/N=C\c2cc(Cl)c(OC)c(Cl)c2)n1. The largest absolute Gasteiger partial charge is 0.494 e. The molecule has 0 amide bonds. The van der Waals surface area contributed by atoms with Gasteiger partial charge in [-0.1, -0.05) is 30.1 Å². The second-order valence-electron chi connectivity index (χ2n) is 4.33. The van der Waals surface area contributed by atoms with Crippen molar-refractivity contribution in [3.8, 4) is 5.75 Å². The highest BCUT2D eigenvalue weighted by Crippen LogP contribution is 2.33. The number of halogens is 2. The first kappa shape index (κ1) is 16.3. The molecule has 0 aliphatic carbocycles. The molecule has 116 valence electrons. The van der Waals surface area contributed by atoms with E-state index in [-0.39, 0.29) is 11.5 Å². The van der Waals surface area contributed by atoms with Gasteiger partial charge in [0.25, 0.3) is 5.56 Å². The second kappa shape index (κ2) is 7.29. The van der Waals surface area contributed by atoms with Crippen LogP contribution in [0.2, 0.25) is 10.0 Å². The molecule has 0 bridgehead atoms. The fourth-order valence-corrected chi connectivity index (χ4v) is 2.42. The molecule has 22 heavy (non-hydrogen) atoms. The average molecular weight is 341 g/mol. The van der Waals surface area contributed by atoms with Crippen molar-refractivity contribution in [2.24, 2.45) is 5.10 Å². The number of hydrazone groups is 1. The van der Waals surface area contributed by atoms with Gasteiger partial charge in [0.15, 0.2) is 5.75 Å². The van der Waals surface area contributed by atoms with Gasteiger partial charge in [0.1, 0.15) is 0 Å². The summed E-state index contributed by atoms with van der Waals surface area (Å²) in [5.74, 6) is 0.682. The van der Waals surface area contributed by atoms with E-state index in [1.54, 1.807) is 12.1 Å². The smallest absolute Gasteiger partial charge is 0.252 e. The maximum absolute atomic E-state index is 11.4. The predicted octanol–water partition coefficient (Wildman–Crippen LogP) is 3.09. The number of aromatic nitrogens is 2. The van der Waals surface area contributed by atoms with Crippen molar-refractivity contribution in [1.29, 1.82) is 0 Å². The summed E-state index contributed by atoms with van der Waals surface area (Å²) in [5.41, 5.74) is 3.78. The van der Waals surface area contributed by atoms with Gasteiger partial charge in [0.2, 0.25) is 5.95 Å². The van der Waals surface area contributed by atoms with E-state index in [2.05, 4.69) is 20.5 Å². The van der Waals surface area contributed by atoms with Gasteiger partial charge in [-0.05, 0) is 24.1 Å². The molecule has 2 rings (SSSR count). The van der Waals surface area contributed by atoms with Crippen LogP contribution in [0.25, 0.3) is 0 Å². The molecule has 6 nitrogen and oxygen atoms in total.